The van der Waals surface area contributed by atoms with Gasteiger partial charge in [0.15, 0.2) is 6.29 Å². The summed E-state index contributed by atoms with van der Waals surface area (Å²) in [6.45, 7) is -1.52. The van der Waals surface area contributed by atoms with E-state index in [9.17, 15) is 18.4 Å². The number of esters is 1. The van der Waals surface area contributed by atoms with Gasteiger partial charge in [0.05, 0.1) is 23.3 Å². The third-order valence-corrected chi connectivity index (χ3v) is 2.11. The Hall–Kier alpha value is -2.49. The molecule has 0 saturated carbocycles. The lowest BCUT2D eigenvalue weighted by Gasteiger charge is -2.10. The molecule has 0 bridgehead atoms. The van der Waals surface area contributed by atoms with E-state index < -0.39 is 18.3 Å². The molecule has 100 valence electrons. The van der Waals surface area contributed by atoms with Crippen molar-refractivity contribution in [3.8, 4) is 11.8 Å². The van der Waals surface area contributed by atoms with Crippen LogP contribution in [0.5, 0.6) is 5.75 Å². The van der Waals surface area contributed by atoms with Gasteiger partial charge in [-0.2, -0.15) is 14.0 Å². The number of nitriles is 1. The number of aldehydes is 1. The number of carbonyl (C=O) groups excluding carboxylic acids is 2. The van der Waals surface area contributed by atoms with Gasteiger partial charge in [0.25, 0.3) is 0 Å². The predicted octanol–water partition coefficient (Wildman–Crippen LogP) is 2.15. The molecule has 0 aliphatic rings. The van der Waals surface area contributed by atoms with Crippen molar-refractivity contribution in [3.05, 3.63) is 28.8 Å². The molecule has 1 aromatic rings. The van der Waals surface area contributed by atoms with Gasteiger partial charge in [-0.25, -0.2) is 4.79 Å². The van der Waals surface area contributed by atoms with Gasteiger partial charge in [-0.05, 0) is 19.1 Å². The van der Waals surface area contributed by atoms with Crippen LogP contribution >= 0.6 is 0 Å². The van der Waals surface area contributed by atoms with Gasteiger partial charge in [-0.1, -0.05) is 0 Å². The van der Waals surface area contributed by atoms with Crippen LogP contribution in [0.4, 0.5) is 8.78 Å². The Morgan fingerprint density at radius 3 is 2.68 bits per heavy atom. The second kappa shape index (κ2) is 6.44. The van der Waals surface area contributed by atoms with Gasteiger partial charge in [-0.15, -0.1) is 0 Å². The molecule has 0 N–H and O–H groups in total. The summed E-state index contributed by atoms with van der Waals surface area (Å²) in [6.07, 6.45) is 0.213. The average Bonchev–Trinajstić information content (AvgIpc) is 2.37. The lowest BCUT2D eigenvalue weighted by atomic mass is 10.0. The van der Waals surface area contributed by atoms with Crippen molar-refractivity contribution < 1.29 is 27.8 Å². The zero-order valence-electron chi connectivity index (χ0n) is 9.85. The van der Waals surface area contributed by atoms with Crippen LogP contribution in [-0.2, 0) is 4.74 Å². The normalized spacial score (nSPS) is 9.84. The lowest BCUT2D eigenvalue weighted by Crippen LogP contribution is -2.10. The van der Waals surface area contributed by atoms with E-state index in [4.69, 9.17) is 5.26 Å². The van der Waals surface area contributed by atoms with Crippen LogP contribution < -0.4 is 4.74 Å². The standard InChI is InChI=1S/C12H9F2NO4/c1-2-18-11(17)7-3-8(5-15)9(6-16)10(4-7)19-12(13)14/h3-4,6,12H,2H2,1H3. The Kier molecular flexibility index (Phi) is 4.94. The van der Waals surface area contributed by atoms with Crippen molar-refractivity contribution >= 4 is 12.3 Å². The van der Waals surface area contributed by atoms with Crippen molar-refractivity contribution in [1.82, 2.24) is 0 Å². The zero-order chi connectivity index (χ0) is 14.4. The van der Waals surface area contributed by atoms with Gasteiger partial charge in [-0.3, -0.25) is 4.79 Å². The van der Waals surface area contributed by atoms with Gasteiger partial charge in [0, 0.05) is 0 Å². The number of halogens is 2. The van der Waals surface area contributed by atoms with E-state index in [0.29, 0.717) is 0 Å². The van der Waals surface area contributed by atoms with E-state index in [0.717, 1.165) is 12.1 Å². The number of rotatable bonds is 5. The second-order valence-corrected chi connectivity index (χ2v) is 3.26. The van der Waals surface area contributed by atoms with Crippen LogP contribution in [0.25, 0.3) is 0 Å². The number of alkyl halides is 2. The lowest BCUT2D eigenvalue weighted by molar-refractivity contribution is -0.0501. The number of benzene rings is 1. The highest BCUT2D eigenvalue weighted by atomic mass is 19.3. The van der Waals surface area contributed by atoms with Crippen LogP contribution in [-0.4, -0.2) is 25.5 Å². The molecule has 5 nitrogen and oxygen atoms in total. The molecule has 0 amide bonds. The number of hydrogen-bond acceptors (Lipinski definition) is 5. The first-order chi connectivity index (χ1) is 9.03. The minimum Gasteiger partial charge on any atom is -0.462 e. The summed E-state index contributed by atoms with van der Waals surface area (Å²) in [5.41, 5.74) is -0.716. The maximum Gasteiger partial charge on any atom is 0.387 e. The zero-order valence-corrected chi connectivity index (χ0v) is 9.85. The van der Waals surface area contributed by atoms with Gasteiger partial charge >= 0.3 is 12.6 Å². The van der Waals surface area contributed by atoms with E-state index in [1.54, 1.807) is 13.0 Å². The maximum absolute atomic E-state index is 12.2. The molecule has 0 aliphatic carbocycles. The first kappa shape index (κ1) is 14.6. The summed E-state index contributed by atoms with van der Waals surface area (Å²) in [6, 6.07) is 3.66. The van der Waals surface area contributed by atoms with Crippen LogP contribution in [0, 0.1) is 11.3 Å². The molecule has 0 fully saturated rings. The number of hydrogen-bond donors (Lipinski definition) is 0. The molecule has 0 atom stereocenters. The molecule has 0 aliphatic heterocycles. The van der Waals surface area contributed by atoms with Crippen molar-refractivity contribution in [1.29, 1.82) is 5.26 Å². The topological polar surface area (TPSA) is 76.4 Å². The first-order valence-corrected chi connectivity index (χ1v) is 5.18. The van der Waals surface area contributed by atoms with E-state index in [1.807, 2.05) is 0 Å². The highest BCUT2D eigenvalue weighted by Crippen LogP contribution is 2.25. The molecular formula is C12H9F2NO4. The average molecular weight is 269 g/mol. The molecule has 7 heteroatoms. The van der Waals surface area contributed by atoms with Crippen LogP contribution in [0.15, 0.2) is 12.1 Å². The van der Waals surface area contributed by atoms with Gasteiger partial charge in [0.2, 0.25) is 0 Å². The van der Waals surface area contributed by atoms with Crippen molar-refractivity contribution in [2.45, 2.75) is 13.5 Å². The largest absolute Gasteiger partial charge is 0.462 e. The molecule has 0 saturated heterocycles. The molecule has 0 heterocycles. The van der Waals surface area contributed by atoms with E-state index in [2.05, 4.69) is 9.47 Å². The Morgan fingerprint density at radius 2 is 2.21 bits per heavy atom. The van der Waals surface area contributed by atoms with Gasteiger partial charge in [0.1, 0.15) is 11.8 Å². The summed E-state index contributed by atoms with van der Waals surface area (Å²) < 4.78 is 33.2. The molecule has 0 unspecified atom stereocenters. The van der Waals surface area contributed by atoms with Crippen molar-refractivity contribution in [3.63, 3.8) is 0 Å². The SMILES string of the molecule is CCOC(=O)c1cc(C#N)c(C=O)c(OC(F)F)c1. The molecule has 19 heavy (non-hydrogen) atoms. The summed E-state index contributed by atoms with van der Waals surface area (Å²) in [5.74, 6) is -1.33. The van der Waals surface area contributed by atoms with E-state index in [-0.39, 0.29) is 29.6 Å². The molecule has 1 aromatic carbocycles. The fraction of sp³-hybridized carbons (Fsp3) is 0.250. The fourth-order valence-corrected chi connectivity index (χ4v) is 1.37. The summed E-state index contributed by atoms with van der Waals surface area (Å²) in [7, 11) is 0. The number of ether oxygens (including phenoxy) is 2. The van der Waals surface area contributed by atoms with Crippen molar-refractivity contribution in [2.24, 2.45) is 0 Å². The highest BCUT2D eigenvalue weighted by molar-refractivity contribution is 5.93. The molecule has 0 radical (unpaired) electrons. The predicted molar refractivity (Wildman–Crippen MR) is 59.1 cm³/mol. The minimum absolute atomic E-state index is 0.0845. The quantitative estimate of drug-likeness (QED) is 0.604. The molecular weight excluding hydrogens is 260 g/mol. The Labute approximate surface area is 107 Å². The molecule has 0 aromatic heterocycles. The Morgan fingerprint density at radius 1 is 1.53 bits per heavy atom. The highest BCUT2D eigenvalue weighted by Gasteiger charge is 2.18. The first-order valence-electron chi connectivity index (χ1n) is 5.18. The summed E-state index contributed by atoms with van der Waals surface area (Å²) in [5, 5.41) is 8.84. The van der Waals surface area contributed by atoms with Gasteiger partial charge < -0.3 is 9.47 Å². The van der Waals surface area contributed by atoms with Crippen LogP contribution in [0.2, 0.25) is 0 Å². The van der Waals surface area contributed by atoms with Crippen molar-refractivity contribution in [2.75, 3.05) is 6.61 Å². The monoisotopic (exact) mass is 269 g/mol. The summed E-state index contributed by atoms with van der Waals surface area (Å²) >= 11 is 0. The Bertz CT molecular complexity index is 537. The van der Waals surface area contributed by atoms with E-state index in [1.165, 1.54) is 0 Å². The molecule has 1 rings (SSSR count). The third kappa shape index (κ3) is 3.48. The van der Waals surface area contributed by atoms with Crippen LogP contribution in [0.1, 0.15) is 33.2 Å². The third-order valence-electron chi connectivity index (χ3n) is 2.11. The van der Waals surface area contributed by atoms with Crippen LogP contribution in [0.3, 0.4) is 0 Å². The second-order valence-electron chi connectivity index (χ2n) is 3.26. The minimum atomic E-state index is -3.18. The summed E-state index contributed by atoms with van der Waals surface area (Å²) in [4.78, 5) is 22.3. The van der Waals surface area contributed by atoms with E-state index >= 15 is 0 Å². The number of carbonyl (C=O) groups is 2. The fourth-order valence-electron chi connectivity index (χ4n) is 1.37. The number of nitrogens with zero attached hydrogens (tertiary/aromatic N) is 1. The Balaban J connectivity index is 3.34. The smallest absolute Gasteiger partial charge is 0.387 e. The maximum atomic E-state index is 12.2. The molecule has 0 spiro atoms.